The highest BCUT2D eigenvalue weighted by atomic mass is 16.2. The van der Waals surface area contributed by atoms with Crippen LogP contribution in [0, 0.1) is 0 Å². The lowest BCUT2D eigenvalue weighted by Crippen LogP contribution is -2.35. The maximum Gasteiger partial charge on any atom is 0.242 e. The van der Waals surface area contributed by atoms with Crippen LogP contribution in [0.4, 0.5) is 5.69 Å². The zero-order valence-corrected chi connectivity index (χ0v) is 9.43. The summed E-state index contributed by atoms with van der Waals surface area (Å²) in [6.07, 6.45) is 0.529. The molecule has 0 aromatic heterocycles. The third-order valence-corrected chi connectivity index (χ3v) is 2.81. The molecular formula is C12H14N2O2. The number of hydrogen-bond acceptors (Lipinski definition) is 3. The van der Waals surface area contributed by atoms with Crippen LogP contribution >= 0.6 is 0 Å². The quantitative estimate of drug-likeness (QED) is 0.706. The topological polar surface area (TPSA) is 40.6 Å². The minimum atomic E-state index is 0.0371. The van der Waals surface area contributed by atoms with Gasteiger partial charge in [-0.25, -0.2) is 0 Å². The van der Waals surface area contributed by atoms with Gasteiger partial charge >= 0.3 is 0 Å². The summed E-state index contributed by atoms with van der Waals surface area (Å²) < 4.78 is 0. The second-order valence-electron chi connectivity index (χ2n) is 3.90. The minimum Gasteiger partial charge on any atom is -0.295 e. The number of carbonyl (C=O) groups is 2. The Labute approximate surface area is 94.4 Å². The maximum atomic E-state index is 11.4. The van der Waals surface area contributed by atoms with Crippen LogP contribution in [0.2, 0.25) is 0 Å². The number of rotatable bonds is 2. The summed E-state index contributed by atoms with van der Waals surface area (Å²) >= 11 is 0. The molecule has 4 heteroatoms. The van der Waals surface area contributed by atoms with E-state index in [-0.39, 0.29) is 11.7 Å². The van der Waals surface area contributed by atoms with Crippen molar-refractivity contribution in [2.45, 2.75) is 13.3 Å². The molecule has 0 atom stereocenters. The van der Waals surface area contributed by atoms with E-state index in [4.69, 9.17) is 0 Å². The summed E-state index contributed by atoms with van der Waals surface area (Å²) in [6.45, 7) is 2.22. The highest BCUT2D eigenvalue weighted by Crippen LogP contribution is 2.22. The summed E-state index contributed by atoms with van der Waals surface area (Å²) in [7, 11) is 1.75. The van der Waals surface area contributed by atoms with Gasteiger partial charge in [0, 0.05) is 25.6 Å². The number of carbonyl (C=O) groups excluding carboxylic acids is 2. The van der Waals surface area contributed by atoms with Crippen LogP contribution in [-0.4, -0.2) is 30.3 Å². The first-order chi connectivity index (χ1) is 7.59. The Morgan fingerprint density at radius 3 is 2.69 bits per heavy atom. The Balaban J connectivity index is 2.31. The first kappa shape index (κ1) is 10.7. The number of hydrazine groups is 1. The Bertz CT molecular complexity index is 442. The zero-order chi connectivity index (χ0) is 11.7. The average Bonchev–Trinajstić information content (AvgIpc) is 2.60. The molecule has 4 nitrogen and oxygen atoms in total. The standard InChI is InChI=1S/C12H14N2O2/c1-9(15)10-4-3-5-11(8-10)14-7-6-12(16)13(14)2/h3-5,8H,6-7H2,1-2H3. The molecule has 1 aromatic carbocycles. The van der Waals surface area contributed by atoms with E-state index in [9.17, 15) is 9.59 Å². The van der Waals surface area contributed by atoms with Crippen LogP contribution in [0.25, 0.3) is 0 Å². The Morgan fingerprint density at radius 1 is 1.38 bits per heavy atom. The van der Waals surface area contributed by atoms with Crippen molar-refractivity contribution in [3.63, 3.8) is 0 Å². The predicted octanol–water partition coefficient (Wildman–Crippen LogP) is 1.47. The molecule has 2 rings (SSSR count). The van der Waals surface area contributed by atoms with Crippen LogP contribution in [-0.2, 0) is 4.79 Å². The number of anilines is 1. The van der Waals surface area contributed by atoms with E-state index in [1.807, 2.05) is 23.2 Å². The molecule has 0 N–H and O–H groups in total. The zero-order valence-electron chi connectivity index (χ0n) is 9.43. The van der Waals surface area contributed by atoms with Crippen molar-refractivity contribution < 1.29 is 9.59 Å². The molecule has 0 spiro atoms. The lowest BCUT2D eigenvalue weighted by Gasteiger charge is -2.26. The molecule has 0 unspecified atom stereocenters. The van der Waals surface area contributed by atoms with Crippen LogP contribution in [0.3, 0.4) is 0 Å². The lowest BCUT2D eigenvalue weighted by molar-refractivity contribution is -0.126. The van der Waals surface area contributed by atoms with Crippen molar-refractivity contribution in [1.29, 1.82) is 0 Å². The molecule has 1 aromatic rings. The van der Waals surface area contributed by atoms with Crippen LogP contribution in [0.5, 0.6) is 0 Å². The molecule has 0 aliphatic carbocycles. The molecule has 0 saturated carbocycles. The lowest BCUT2D eigenvalue weighted by atomic mass is 10.1. The number of ketones is 1. The van der Waals surface area contributed by atoms with E-state index in [1.54, 1.807) is 18.1 Å². The Morgan fingerprint density at radius 2 is 2.12 bits per heavy atom. The summed E-state index contributed by atoms with van der Waals surface area (Å²) in [6, 6.07) is 7.34. The highest BCUT2D eigenvalue weighted by molar-refractivity contribution is 5.95. The van der Waals surface area contributed by atoms with Gasteiger partial charge in [0.2, 0.25) is 5.91 Å². The Kier molecular flexibility index (Phi) is 2.64. The molecule has 84 valence electrons. The van der Waals surface area contributed by atoms with E-state index in [0.29, 0.717) is 18.5 Å². The fourth-order valence-electron chi connectivity index (χ4n) is 1.84. The van der Waals surface area contributed by atoms with Crippen LogP contribution in [0.15, 0.2) is 24.3 Å². The van der Waals surface area contributed by atoms with Gasteiger partial charge in [0.1, 0.15) is 0 Å². The summed E-state index contributed by atoms with van der Waals surface area (Å²) in [5, 5.41) is 3.48. The molecule has 1 amide bonds. The molecule has 1 saturated heterocycles. The summed E-state index contributed by atoms with van der Waals surface area (Å²) in [4.78, 5) is 22.7. The second kappa shape index (κ2) is 3.96. The molecular weight excluding hydrogens is 204 g/mol. The molecule has 0 bridgehead atoms. The monoisotopic (exact) mass is 218 g/mol. The summed E-state index contributed by atoms with van der Waals surface area (Å²) in [5.41, 5.74) is 1.56. The smallest absolute Gasteiger partial charge is 0.242 e. The van der Waals surface area contributed by atoms with Crippen molar-refractivity contribution in [2.75, 3.05) is 18.6 Å². The van der Waals surface area contributed by atoms with Gasteiger partial charge in [-0.1, -0.05) is 12.1 Å². The predicted molar refractivity (Wildman–Crippen MR) is 61.2 cm³/mol. The van der Waals surface area contributed by atoms with Gasteiger partial charge < -0.3 is 0 Å². The number of benzene rings is 1. The van der Waals surface area contributed by atoms with E-state index < -0.39 is 0 Å². The Hall–Kier alpha value is -1.84. The van der Waals surface area contributed by atoms with E-state index >= 15 is 0 Å². The number of nitrogens with zero attached hydrogens (tertiary/aromatic N) is 2. The largest absolute Gasteiger partial charge is 0.295 e. The third-order valence-electron chi connectivity index (χ3n) is 2.81. The third kappa shape index (κ3) is 1.78. The first-order valence-electron chi connectivity index (χ1n) is 5.24. The van der Waals surface area contributed by atoms with Crippen molar-refractivity contribution in [1.82, 2.24) is 5.01 Å². The number of Topliss-reactive ketones (excluding diaryl/α,β-unsaturated/α-hetero) is 1. The summed E-state index contributed by atoms with van der Waals surface area (Å²) in [5.74, 6) is 0.142. The van der Waals surface area contributed by atoms with Crippen molar-refractivity contribution in [3.8, 4) is 0 Å². The normalized spacial score (nSPS) is 15.8. The van der Waals surface area contributed by atoms with Crippen LogP contribution in [0.1, 0.15) is 23.7 Å². The van der Waals surface area contributed by atoms with Crippen molar-refractivity contribution in [3.05, 3.63) is 29.8 Å². The van der Waals surface area contributed by atoms with Crippen molar-refractivity contribution >= 4 is 17.4 Å². The van der Waals surface area contributed by atoms with E-state index in [2.05, 4.69) is 0 Å². The van der Waals surface area contributed by atoms with E-state index in [1.165, 1.54) is 6.92 Å². The van der Waals surface area contributed by atoms with Crippen LogP contribution < -0.4 is 5.01 Å². The maximum absolute atomic E-state index is 11.4. The minimum absolute atomic E-state index is 0.0371. The molecule has 1 heterocycles. The van der Waals surface area contributed by atoms with Gasteiger partial charge in [-0.3, -0.25) is 19.6 Å². The fraction of sp³-hybridized carbons (Fsp3) is 0.333. The molecule has 1 aliphatic rings. The SMILES string of the molecule is CC(=O)c1cccc(N2CCC(=O)N2C)c1. The van der Waals surface area contributed by atoms with Crippen molar-refractivity contribution in [2.24, 2.45) is 0 Å². The number of amides is 1. The molecule has 1 aliphatic heterocycles. The first-order valence-corrected chi connectivity index (χ1v) is 5.24. The van der Waals surface area contributed by atoms with E-state index in [0.717, 1.165) is 5.69 Å². The molecule has 1 fully saturated rings. The molecule has 16 heavy (non-hydrogen) atoms. The van der Waals surface area contributed by atoms with Gasteiger partial charge in [0.05, 0.1) is 5.69 Å². The van der Waals surface area contributed by atoms with Gasteiger partial charge in [-0.05, 0) is 19.1 Å². The number of hydrogen-bond donors (Lipinski definition) is 0. The van der Waals surface area contributed by atoms with Gasteiger partial charge in [-0.15, -0.1) is 0 Å². The highest BCUT2D eigenvalue weighted by Gasteiger charge is 2.25. The van der Waals surface area contributed by atoms with Gasteiger partial charge in [0.15, 0.2) is 5.78 Å². The molecule has 0 radical (unpaired) electrons. The van der Waals surface area contributed by atoms with Gasteiger partial charge in [0.25, 0.3) is 0 Å². The second-order valence-corrected chi connectivity index (χ2v) is 3.90. The average molecular weight is 218 g/mol. The fourth-order valence-corrected chi connectivity index (χ4v) is 1.84. The van der Waals surface area contributed by atoms with Gasteiger partial charge in [-0.2, -0.15) is 0 Å².